The molecule has 3 N–H and O–H groups in total. The van der Waals surface area contributed by atoms with Gasteiger partial charge in [-0.3, -0.25) is 0 Å². The number of fused-ring (bicyclic) bond motifs is 1. The van der Waals surface area contributed by atoms with Crippen molar-refractivity contribution in [3.05, 3.63) is 42.2 Å². The van der Waals surface area contributed by atoms with Crippen LogP contribution >= 0.6 is 0 Å². The number of rotatable bonds is 2. The third-order valence-corrected chi connectivity index (χ3v) is 2.57. The van der Waals surface area contributed by atoms with Crippen molar-refractivity contribution >= 4 is 28.1 Å². The van der Waals surface area contributed by atoms with Crippen molar-refractivity contribution < 1.29 is 9.02 Å². The zero-order chi connectivity index (χ0) is 12.5. The quantitative estimate of drug-likeness (QED) is 0.678. The molecule has 0 saturated carbocycles. The topological polar surface area (TPSA) is 77.0 Å². The minimum absolute atomic E-state index is 0.317. The van der Waals surface area contributed by atoms with Crippen LogP contribution in [0, 0.1) is 5.82 Å². The molecule has 0 unspecified atom stereocenters. The third kappa shape index (κ3) is 1.73. The number of nitrogens with one attached hydrogen (secondary N) is 1. The fraction of sp³-hybridized carbons (Fsp3) is 0. The van der Waals surface area contributed by atoms with E-state index in [1.165, 1.54) is 12.1 Å². The summed E-state index contributed by atoms with van der Waals surface area (Å²) in [5, 5.41) is 10.4. The molecule has 0 fully saturated rings. The van der Waals surface area contributed by atoms with Crippen molar-refractivity contribution in [1.29, 1.82) is 0 Å². The van der Waals surface area contributed by atoms with Crippen LogP contribution in [0.3, 0.4) is 0 Å². The molecular weight excluding hydrogens is 235 g/mol. The highest BCUT2D eigenvalue weighted by Gasteiger charge is 2.09. The van der Waals surface area contributed by atoms with Gasteiger partial charge < -0.3 is 11.1 Å². The molecule has 0 radical (unpaired) electrons. The zero-order valence-electron chi connectivity index (χ0n) is 9.22. The number of halogens is 1. The minimum atomic E-state index is -0.317. The van der Waals surface area contributed by atoms with E-state index in [1.54, 1.807) is 24.3 Å². The van der Waals surface area contributed by atoms with Crippen molar-refractivity contribution in [2.45, 2.75) is 0 Å². The number of benzene rings is 2. The third-order valence-electron chi connectivity index (χ3n) is 2.57. The van der Waals surface area contributed by atoms with E-state index in [9.17, 15) is 4.39 Å². The summed E-state index contributed by atoms with van der Waals surface area (Å²) in [6.07, 6.45) is 0. The Balaban J connectivity index is 2.02. The molecule has 1 aromatic heterocycles. The summed E-state index contributed by atoms with van der Waals surface area (Å²) in [7, 11) is 0. The Bertz CT molecular complexity index is 710. The van der Waals surface area contributed by atoms with Crippen LogP contribution in [0.5, 0.6) is 0 Å². The summed E-state index contributed by atoms with van der Waals surface area (Å²) in [4.78, 5) is 0. The molecule has 5 nitrogen and oxygen atoms in total. The molecule has 1 heterocycles. The van der Waals surface area contributed by atoms with Gasteiger partial charge in [-0.1, -0.05) is 6.07 Å². The SMILES string of the molecule is Nc1c(Nc2cccc(F)c2)ccc2nonc12. The summed E-state index contributed by atoms with van der Waals surface area (Å²) >= 11 is 0. The lowest BCUT2D eigenvalue weighted by Crippen LogP contribution is -1.97. The van der Waals surface area contributed by atoms with Gasteiger partial charge in [0.25, 0.3) is 0 Å². The van der Waals surface area contributed by atoms with E-state index in [0.717, 1.165) is 0 Å². The van der Waals surface area contributed by atoms with Crippen LogP contribution in [0.4, 0.5) is 21.5 Å². The predicted octanol–water partition coefficient (Wildman–Crippen LogP) is 2.69. The second-order valence-electron chi connectivity index (χ2n) is 3.79. The van der Waals surface area contributed by atoms with E-state index < -0.39 is 0 Å². The Morgan fingerprint density at radius 1 is 1.17 bits per heavy atom. The van der Waals surface area contributed by atoms with E-state index in [2.05, 4.69) is 20.3 Å². The Labute approximate surface area is 101 Å². The predicted molar refractivity (Wildman–Crippen MR) is 65.9 cm³/mol. The molecule has 0 amide bonds. The highest BCUT2D eigenvalue weighted by molar-refractivity contribution is 5.94. The number of nitrogens with two attached hydrogens (primary N) is 1. The van der Waals surface area contributed by atoms with E-state index in [-0.39, 0.29) is 5.82 Å². The lowest BCUT2D eigenvalue weighted by atomic mass is 10.2. The maximum atomic E-state index is 13.1. The summed E-state index contributed by atoms with van der Waals surface area (Å²) < 4.78 is 17.7. The molecule has 0 spiro atoms. The molecule has 2 aromatic carbocycles. The first kappa shape index (κ1) is 10.5. The summed E-state index contributed by atoms with van der Waals surface area (Å²) in [6, 6.07) is 9.58. The molecule has 0 aliphatic carbocycles. The average molecular weight is 244 g/mol. The van der Waals surface area contributed by atoms with Gasteiger partial charge in [0, 0.05) is 5.69 Å². The molecule has 0 bridgehead atoms. The van der Waals surface area contributed by atoms with Gasteiger partial charge in [0.15, 0.2) is 5.52 Å². The van der Waals surface area contributed by atoms with Crippen LogP contribution in [-0.2, 0) is 0 Å². The van der Waals surface area contributed by atoms with Gasteiger partial charge in [-0.15, -0.1) is 0 Å². The molecule has 0 aliphatic rings. The zero-order valence-corrected chi connectivity index (χ0v) is 9.22. The Hall–Kier alpha value is -2.63. The number of anilines is 3. The maximum Gasteiger partial charge on any atom is 0.160 e. The van der Waals surface area contributed by atoms with Crippen molar-refractivity contribution in [2.24, 2.45) is 0 Å². The maximum absolute atomic E-state index is 13.1. The van der Waals surface area contributed by atoms with Crippen LogP contribution in [0.2, 0.25) is 0 Å². The summed E-state index contributed by atoms with van der Waals surface area (Å²) in [6.45, 7) is 0. The first-order valence-corrected chi connectivity index (χ1v) is 5.27. The number of hydrogen-bond donors (Lipinski definition) is 2. The normalized spacial score (nSPS) is 10.7. The number of nitrogen functional groups attached to an aromatic ring is 1. The van der Waals surface area contributed by atoms with Gasteiger partial charge in [-0.2, -0.15) is 0 Å². The van der Waals surface area contributed by atoms with Gasteiger partial charge >= 0.3 is 0 Å². The second kappa shape index (κ2) is 3.99. The molecule has 0 saturated heterocycles. The van der Waals surface area contributed by atoms with Crippen LogP contribution < -0.4 is 11.1 Å². The smallest absolute Gasteiger partial charge is 0.160 e. The van der Waals surface area contributed by atoms with Crippen molar-refractivity contribution in [1.82, 2.24) is 10.3 Å². The summed E-state index contributed by atoms with van der Waals surface area (Å²) in [5.41, 5.74) is 8.65. The molecule has 0 atom stereocenters. The molecule has 6 heteroatoms. The van der Waals surface area contributed by atoms with Crippen LogP contribution in [0.15, 0.2) is 41.0 Å². The monoisotopic (exact) mass is 244 g/mol. The fourth-order valence-corrected chi connectivity index (χ4v) is 1.70. The fourth-order valence-electron chi connectivity index (χ4n) is 1.70. The molecule has 18 heavy (non-hydrogen) atoms. The first-order chi connectivity index (χ1) is 8.74. The Morgan fingerprint density at radius 3 is 2.89 bits per heavy atom. The van der Waals surface area contributed by atoms with Crippen molar-refractivity contribution in [3.8, 4) is 0 Å². The van der Waals surface area contributed by atoms with E-state index in [1.807, 2.05) is 0 Å². The van der Waals surface area contributed by atoms with Gasteiger partial charge in [-0.25, -0.2) is 9.02 Å². The van der Waals surface area contributed by atoms with Crippen LogP contribution in [-0.4, -0.2) is 10.3 Å². The van der Waals surface area contributed by atoms with Crippen LogP contribution in [0.25, 0.3) is 11.0 Å². The second-order valence-corrected chi connectivity index (χ2v) is 3.79. The van der Waals surface area contributed by atoms with Crippen molar-refractivity contribution in [2.75, 3.05) is 11.1 Å². The van der Waals surface area contributed by atoms with Gasteiger partial charge in [0.2, 0.25) is 0 Å². The molecule has 3 aromatic rings. The largest absolute Gasteiger partial charge is 0.395 e. The van der Waals surface area contributed by atoms with Crippen molar-refractivity contribution in [3.63, 3.8) is 0 Å². The number of nitrogens with zero attached hydrogens (tertiary/aromatic N) is 2. The average Bonchev–Trinajstić information content (AvgIpc) is 2.82. The lowest BCUT2D eigenvalue weighted by Gasteiger charge is -2.08. The molecule has 0 aliphatic heterocycles. The first-order valence-electron chi connectivity index (χ1n) is 5.27. The summed E-state index contributed by atoms with van der Waals surface area (Å²) in [5.74, 6) is -0.317. The molecular formula is C12H9FN4O. The molecule has 90 valence electrons. The Morgan fingerprint density at radius 2 is 2.06 bits per heavy atom. The minimum Gasteiger partial charge on any atom is -0.395 e. The highest BCUT2D eigenvalue weighted by atomic mass is 19.1. The lowest BCUT2D eigenvalue weighted by molar-refractivity contribution is 0.315. The van der Waals surface area contributed by atoms with Gasteiger partial charge in [0.1, 0.15) is 11.3 Å². The molecule has 3 rings (SSSR count). The van der Waals surface area contributed by atoms with E-state index in [0.29, 0.717) is 28.1 Å². The van der Waals surface area contributed by atoms with E-state index in [4.69, 9.17) is 5.73 Å². The van der Waals surface area contributed by atoms with Gasteiger partial charge in [0.05, 0.1) is 11.4 Å². The number of aromatic nitrogens is 2. The van der Waals surface area contributed by atoms with E-state index >= 15 is 0 Å². The Kier molecular flexibility index (Phi) is 2.33. The van der Waals surface area contributed by atoms with Gasteiger partial charge in [-0.05, 0) is 40.6 Å². The van der Waals surface area contributed by atoms with Crippen LogP contribution in [0.1, 0.15) is 0 Å². The number of hydrogen-bond acceptors (Lipinski definition) is 5. The highest BCUT2D eigenvalue weighted by Crippen LogP contribution is 2.28. The standard InChI is InChI=1S/C12H9FN4O/c13-7-2-1-3-8(6-7)15-9-4-5-10-12(11(9)14)17-18-16-10/h1-6,15H,14H2.